The average Bonchev–Trinajstić information content (AvgIpc) is 1.63. The van der Waals surface area contributed by atoms with E-state index in [9.17, 15) is 28.3 Å². The van der Waals surface area contributed by atoms with Crippen LogP contribution >= 0.6 is 57.4 Å². The number of aliphatic hydroxyl groups is 3. The van der Waals surface area contributed by atoms with Crippen LogP contribution in [0.1, 0.15) is 11.4 Å². The van der Waals surface area contributed by atoms with Crippen LogP contribution in [0.2, 0.25) is 66.4 Å². The number of ether oxygens (including phenoxy) is 14. The maximum absolute atomic E-state index is 11.7. The normalized spacial score (nSPS) is 23.7. The van der Waals surface area contributed by atoms with E-state index in [0.717, 1.165) is 60.4 Å². The van der Waals surface area contributed by atoms with Crippen molar-refractivity contribution in [1.29, 1.82) is 0 Å². The van der Waals surface area contributed by atoms with Gasteiger partial charge in [0.25, 0.3) is 0 Å². The minimum absolute atomic E-state index is 0. The van der Waals surface area contributed by atoms with Gasteiger partial charge in [0.1, 0.15) is 103 Å². The van der Waals surface area contributed by atoms with Crippen LogP contribution in [-0.4, -0.2) is 200 Å². The number of fused-ring (bicyclic) bond motifs is 6. The number of halogens is 7. The summed E-state index contributed by atoms with van der Waals surface area (Å²) < 4.78 is 121. The number of hydrogen-bond donors (Lipinski definition) is 4. The van der Waals surface area contributed by atoms with E-state index in [1.54, 1.807) is 18.2 Å². The predicted molar refractivity (Wildman–Crippen MR) is 404 cm³/mol. The summed E-state index contributed by atoms with van der Waals surface area (Å²) in [6.45, 7) is 12.4. The molecule has 6 saturated heterocycles. The van der Waals surface area contributed by atoms with Crippen molar-refractivity contribution in [2.24, 2.45) is 0 Å². The SMILES string of the molecule is C[Si](C)(C)CCOCn1c(O[C@@H]2CO[C@H]3[C@@H]2OC[C@H]3O)cc2nc(COc3ccccc3)c(Cl)cc21.C[Si](C)(C)CCOCn1c(O[C@@H]2CO[C@H]3[C@@H]2OC[C@H]3O)cc2nc(I)c(Cl)cc21.F[B-](F)(F)COc1ccccc1.O[C@@H]1CO[C@H]2[C@@H]1OC[C@H]2Oc1cc2nc(COc3ccccc3)c(Cl)cc2[nH]1.[K+]. The van der Waals surface area contributed by atoms with Crippen molar-refractivity contribution in [2.75, 3.05) is 59.4 Å². The van der Waals surface area contributed by atoms with Gasteiger partial charge in [0.05, 0.1) is 106 Å². The third-order valence-electron chi connectivity index (χ3n) is 17.9. The molecule has 34 heteroatoms. The molecule has 6 fully saturated rings. The number of nitrogens with zero attached hydrogens (tertiary/aromatic N) is 5. The van der Waals surface area contributed by atoms with E-state index in [4.69, 9.17) is 101 Å². The van der Waals surface area contributed by atoms with Gasteiger partial charge in [-0.3, -0.25) is 9.13 Å². The van der Waals surface area contributed by atoms with Gasteiger partial charge in [-0.15, -0.1) is 0 Å². The quantitative estimate of drug-likeness (QED) is 0.0180. The van der Waals surface area contributed by atoms with Gasteiger partial charge in [-0.2, -0.15) is 0 Å². The average molecular weight is 1700 g/mol. The second kappa shape index (κ2) is 37.3. The third-order valence-corrected chi connectivity index (χ3v) is 23.3. The Morgan fingerprint density at radius 3 is 1.32 bits per heavy atom. The summed E-state index contributed by atoms with van der Waals surface area (Å²) in [5.41, 5.74) is 6.00. The maximum atomic E-state index is 11.7. The fourth-order valence-corrected chi connectivity index (χ4v) is 14.8. The monoisotopic (exact) mass is 1700 g/mol. The first kappa shape index (κ1) is 82.6. The Hall–Kier alpha value is -4.38. The van der Waals surface area contributed by atoms with Crippen LogP contribution in [0.4, 0.5) is 12.9 Å². The van der Waals surface area contributed by atoms with Crippen LogP contribution in [0.5, 0.6) is 34.9 Å². The first-order valence-electron chi connectivity index (χ1n) is 34.6. The number of aliphatic hydroxyl groups excluding tert-OH is 3. The largest absolute Gasteiger partial charge is 1.00 e. The summed E-state index contributed by atoms with van der Waals surface area (Å²) >= 11 is 21.4. The van der Waals surface area contributed by atoms with Crippen molar-refractivity contribution in [3.8, 4) is 34.9 Å². The second-order valence-corrected chi connectivity index (χ2v) is 42.0. The molecule has 0 unspecified atom stereocenters. The summed E-state index contributed by atoms with van der Waals surface area (Å²) in [7, 11) is -2.39. The van der Waals surface area contributed by atoms with Crippen LogP contribution in [0.25, 0.3) is 33.1 Å². The van der Waals surface area contributed by atoms with Gasteiger partial charge in [-0.05, 0) is 89.3 Å². The van der Waals surface area contributed by atoms with Gasteiger partial charge in [0, 0.05) is 47.6 Å². The van der Waals surface area contributed by atoms with E-state index in [1.165, 1.54) is 12.1 Å². The molecule has 15 rings (SSSR count). The molecule has 3 aromatic carbocycles. The van der Waals surface area contributed by atoms with Crippen LogP contribution in [0.15, 0.2) is 127 Å². The van der Waals surface area contributed by atoms with Gasteiger partial charge in [0.15, 0.2) is 36.0 Å². The number of aromatic amines is 1. The molecule has 0 radical (unpaired) electrons. The number of nitrogens with one attached hydrogen (secondary N) is 1. The van der Waals surface area contributed by atoms with E-state index < -0.39 is 47.9 Å². The van der Waals surface area contributed by atoms with Crippen molar-refractivity contribution in [2.45, 2.75) is 151 Å². The number of hydrogen-bond acceptors (Lipinski definition) is 20. The third kappa shape index (κ3) is 22.0. The molecule has 6 aromatic heterocycles. The molecule has 6 aliphatic rings. The number of aromatic nitrogens is 6. The Morgan fingerprint density at radius 1 is 0.500 bits per heavy atom. The first-order chi connectivity index (χ1) is 50.3. The smallest absolute Gasteiger partial charge is 0.522 e. The molecule has 566 valence electrons. The number of H-pyrrole nitrogens is 1. The van der Waals surface area contributed by atoms with Gasteiger partial charge in [-0.25, -0.2) is 15.0 Å². The Labute approximate surface area is 685 Å². The Balaban J connectivity index is 0.000000147. The van der Waals surface area contributed by atoms with Crippen LogP contribution in [0, 0.1) is 3.70 Å². The van der Waals surface area contributed by atoms with Gasteiger partial charge >= 0.3 is 58.4 Å². The fraction of sp³-hybridized carbons (Fsp3) is 0.458. The molecule has 4 N–H and O–H groups in total. The van der Waals surface area contributed by atoms with E-state index in [0.29, 0.717) is 90.6 Å². The number of benzene rings is 3. The molecule has 0 amide bonds. The number of pyridine rings is 3. The Bertz CT molecular complexity index is 4340. The Kier molecular flexibility index (Phi) is 29.1. The molecule has 0 saturated carbocycles. The van der Waals surface area contributed by atoms with Crippen LogP contribution in [-0.2, 0) is 64.6 Å². The molecule has 6 aliphatic heterocycles. The summed E-state index contributed by atoms with van der Waals surface area (Å²) in [5.74, 6) is 3.55. The van der Waals surface area contributed by atoms with Crippen molar-refractivity contribution in [1.82, 2.24) is 29.1 Å². The van der Waals surface area contributed by atoms with Crippen molar-refractivity contribution < 1.29 is 146 Å². The molecule has 12 heterocycles. The summed E-state index contributed by atoms with van der Waals surface area (Å²) in [6, 6.07) is 40.4. The van der Waals surface area contributed by atoms with Gasteiger partial charge in [-0.1, -0.05) is 129 Å². The standard InChI is InChI=1S/C26H33ClN2O6Si.C20H19ClN2O5.C19H26ClIN2O5Si.C7H7BF3O.K/c1-36(2,3)10-9-31-16-29-21-11-18(27)20(13-32-17-7-5-4-6-8-17)28-19(21)12-24(29)35-23-15-34-25-22(30)14-33-26(23)25;21-12-6-13-14(22-15(12)8-25-11-4-2-1-3-5-11)7-18(23-13)28-17-10-27-19-16(24)9-26-20(17)19;1-29(2,3)5-4-25-10-23-13-6-11(20)19(21)22-12(13)7-16(23)28-15-9-27-17-14(24)8-26-18(15)17;9-8(10,11)6-12-7-4-2-1-3-5-7;/h4-8,11-12,22-23,25-26,30H,9-10,13-16H2,1-3H3;1-7,16-17,19-20,23-24H,8-10H2;6-7,14-15,17-18,24H,4-5,8-10H2,1-3H3;1-5H,6H2;/q;;;-1;+1/t22-,23-,25-,26-;16-,17-,19-,20-;14-,15-,17-,18-;;/m111../s1. The van der Waals surface area contributed by atoms with E-state index in [-0.39, 0.29) is 145 Å². The topological polar surface area (TPSA) is 254 Å². The van der Waals surface area contributed by atoms with Crippen LogP contribution in [0.3, 0.4) is 0 Å². The van der Waals surface area contributed by atoms with E-state index in [1.807, 2.05) is 106 Å². The minimum atomic E-state index is -4.85. The van der Waals surface area contributed by atoms with Crippen molar-refractivity contribution in [3.05, 3.63) is 158 Å². The summed E-state index contributed by atoms with van der Waals surface area (Å²) in [6.07, 6.45) is -4.65. The van der Waals surface area contributed by atoms with Crippen LogP contribution < -0.4 is 79.8 Å². The molecule has 12 atom stereocenters. The minimum Gasteiger partial charge on any atom is -0.522 e. The van der Waals surface area contributed by atoms with Crippen molar-refractivity contribution in [3.63, 3.8) is 0 Å². The zero-order chi connectivity index (χ0) is 74.2. The van der Waals surface area contributed by atoms with Crippen molar-refractivity contribution >= 4 is 114 Å². The molecule has 0 spiro atoms. The molecule has 0 bridgehead atoms. The number of para-hydroxylation sites is 3. The predicted octanol–water partition coefficient (Wildman–Crippen LogP) is 10.2. The molecular formula is C72H85BCl3F3IKN6O17Si2. The first-order valence-corrected chi connectivity index (χ1v) is 44.2. The van der Waals surface area contributed by atoms with E-state index >= 15 is 0 Å². The summed E-state index contributed by atoms with van der Waals surface area (Å²) in [4.78, 5) is 17.1. The fourth-order valence-electron chi connectivity index (χ4n) is 12.3. The zero-order valence-corrected chi connectivity index (χ0v) is 69.2. The molecule has 23 nitrogen and oxygen atoms in total. The van der Waals surface area contributed by atoms with E-state index in [2.05, 4.69) is 81.6 Å². The molecule has 9 aromatic rings. The molecule has 106 heavy (non-hydrogen) atoms. The second-order valence-electron chi connectivity index (χ2n) is 28.5. The van der Waals surface area contributed by atoms with Gasteiger partial charge in [0.2, 0.25) is 0 Å². The number of rotatable bonds is 25. The molecule has 0 aliphatic carbocycles. The van der Waals surface area contributed by atoms with Gasteiger partial charge < -0.3 is 99.6 Å². The Morgan fingerprint density at radius 2 is 0.887 bits per heavy atom. The maximum Gasteiger partial charge on any atom is 1.00 e. The zero-order valence-electron chi connectivity index (χ0n) is 59.7. The summed E-state index contributed by atoms with van der Waals surface area (Å²) in [5, 5.41) is 31.5. The molecular weight excluding hydrogens is 1620 g/mol.